The van der Waals surface area contributed by atoms with Gasteiger partial charge in [0, 0.05) is 6.42 Å². The van der Waals surface area contributed by atoms with E-state index in [4.69, 9.17) is 0 Å². The molecule has 0 N–H and O–H groups in total. The number of nitrogens with zero attached hydrogens (tertiary/aromatic N) is 2. The van der Waals surface area contributed by atoms with E-state index in [1.54, 1.807) is 0 Å². The lowest BCUT2D eigenvalue weighted by Gasteiger charge is -1.99. The highest BCUT2D eigenvalue weighted by atomic mass is 15.1. The topological polar surface area (TPSA) is 8.81 Å². The highest BCUT2D eigenvalue weighted by Gasteiger charge is 2.11. The zero-order valence-electron chi connectivity index (χ0n) is 9.08. The van der Waals surface area contributed by atoms with Gasteiger partial charge in [-0.25, -0.2) is 9.13 Å². The summed E-state index contributed by atoms with van der Waals surface area (Å²) in [6.07, 6.45) is 9.48. The smallest absolute Gasteiger partial charge is 0.237 e. The fraction of sp³-hybridized carbons (Fsp3) is 0.727. The van der Waals surface area contributed by atoms with Crippen LogP contribution < -0.4 is 4.57 Å². The normalized spacial score (nSPS) is 10.7. The Balaban J connectivity index is 2.57. The maximum Gasteiger partial charge on any atom is 0.256 e. The van der Waals surface area contributed by atoms with Crippen LogP contribution in [-0.4, -0.2) is 4.57 Å². The van der Waals surface area contributed by atoms with Crippen molar-refractivity contribution in [2.75, 3.05) is 0 Å². The number of hydrogen-bond acceptors (Lipinski definition) is 0. The van der Waals surface area contributed by atoms with Crippen LogP contribution in [-0.2, 0) is 20.0 Å². The molecule has 1 heterocycles. The lowest BCUT2D eigenvalue weighted by molar-refractivity contribution is -0.700. The van der Waals surface area contributed by atoms with Crippen molar-refractivity contribution in [2.45, 2.75) is 46.1 Å². The second kappa shape index (κ2) is 5.05. The van der Waals surface area contributed by atoms with Crippen LogP contribution in [0, 0.1) is 0 Å². The van der Waals surface area contributed by atoms with Gasteiger partial charge in [0.15, 0.2) is 0 Å². The molecule has 0 aliphatic carbocycles. The van der Waals surface area contributed by atoms with Crippen LogP contribution >= 0.6 is 0 Å². The van der Waals surface area contributed by atoms with Crippen molar-refractivity contribution in [3.05, 3.63) is 18.2 Å². The molecule has 0 bridgehead atoms. The van der Waals surface area contributed by atoms with Crippen molar-refractivity contribution in [2.24, 2.45) is 7.05 Å². The minimum Gasteiger partial charge on any atom is -0.237 e. The molecule has 0 unspecified atom stereocenters. The fourth-order valence-electron chi connectivity index (χ4n) is 1.70. The molecule has 1 aromatic heterocycles. The third kappa shape index (κ3) is 2.58. The van der Waals surface area contributed by atoms with Crippen molar-refractivity contribution in [1.29, 1.82) is 0 Å². The lowest BCUT2D eigenvalue weighted by atomic mass is 10.2. The van der Waals surface area contributed by atoms with Crippen LogP contribution in [0.2, 0.25) is 0 Å². The minimum atomic E-state index is 1.09. The molecule has 74 valence electrons. The monoisotopic (exact) mass is 181 g/mol. The summed E-state index contributed by atoms with van der Waals surface area (Å²) in [5, 5.41) is 0. The molecule has 0 saturated heterocycles. The Morgan fingerprint density at radius 1 is 1.31 bits per heavy atom. The van der Waals surface area contributed by atoms with Gasteiger partial charge in [0.25, 0.3) is 5.82 Å². The molecule has 0 spiro atoms. The molecule has 0 saturated carbocycles. The van der Waals surface area contributed by atoms with E-state index in [9.17, 15) is 0 Å². The predicted molar refractivity (Wildman–Crippen MR) is 54.5 cm³/mol. The number of aromatic nitrogens is 2. The van der Waals surface area contributed by atoms with E-state index in [2.05, 4.69) is 42.4 Å². The second-order valence-electron chi connectivity index (χ2n) is 3.57. The Morgan fingerprint density at radius 2 is 2.08 bits per heavy atom. The van der Waals surface area contributed by atoms with Gasteiger partial charge >= 0.3 is 0 Å². The average Bonchev–Trinajstić information content (AvgIpc) is 2.48. The maximum atomic E-state index is 2.33. The number of aryl methyl sites for hydroxylation is 2. The van der Waals surface area contributed by atoms with Gasteiger partial charge in [-0.15, -0.1) is 0 Å². The Bertz CT molecular complexity index is 251. The van der Waals surface area contributed by atoms with E-state index in [1.807, 2.05) is 0 Å². The van der Waals surface area contributed by atoms with Gasteiger partial charge in [0.05, 0.1) is 13.6 Å². The van der Waals surface area contributed by atoms with Crippen LogP contribution in [0.1, 0.15) is 38.9 Å². The van der Waals surface area contributed by atoms with Crippen LogP contribution in [0.5, 0.6) is 0 Å². The summed E-state index contributed by atoms with van der Waals surface area (Å²) >= 11 is 0. The number of imidazole rings is 1. The van der Waals surface area contributed by atoms with E-state index < -0.39 is 0 Å². The third-order valence-electron chi connectivity index (χ3n) is 2.55. The standard InChI is InChI=1S/C11H21N2/c1-4-6-7-8-11-12(3)9-10-13(11)5-2/h9-10H,4-8H2,1-3H3/q+1. The fourth-order valence-corrected chi connectivity index (χ4v) is 1.70. The molecule has 0 aliphatic rings. The quantitative estimate of drug-likeness (QED) is 0.486. The van der Waals surface area contributed by atoms with Crippen molar-refractivity contribution in [3.8, 4) is 0 Å². The molecular formula is C11H21N2+. The predicted octanol–water partition coefficient (Wildman–Crippen LogP) is 2.07. The summed E-state index contributed by atoms with van der Waals surface area (Å²) in [6.45, 7) is 5.53. The number of rotatable bonds is 5. The molecule has 0 aromatic carbocycles. The molecular weight excluding hydrogens is 160 g/mol. The molecule has 13 heavy (non-hydrogen) atoms. The Morgan fingerprint density at radius 3 is 2.69 bits per heavy atom. The Hall–Kier alpha value is -0.790. The average molecular weight is 181 g/mol. The Labute approximate surface area is 81.2 Å². The maximum absolute atomic E-state index is 2.33. The first kappa shape index (κ1) is 10.3. The third-order valence-corrected chi connectivity index (χ3v) is 2.55. The molecule has 2 nitrogen and oxygen atoms in total. The van der Waals surface area contributed by atoms with Gasteiger partial charge in [0.2, 0.25) is 0 Å². The highest BCUT2D eigenvalue weighted by Crippen LogP contribution is 2.02. The molecule has 0 atom stereocenters. The van der Waals surface area contributed by atoms with E-state index in [-0.39, 0.29) is 0 Å². The zero-order chi connectivity index (χ0) is 9.68. The first-order chi connectivity index (χ1) is 6.29. The first-order valence-corrected chi connectivity index (χ1v) is 5.33. The van der Waals surface area contributed by atoms with Crippen molar-refractivity contribution >= 4 is 0 Å². The summed E-state index contributed by atoms with van der Waals surface area (Å²) in [7, 11) is 2.13. The summed E-state index contributed by atoms with van der Waals surface area (Å²) in [5.41, 5.74) is 0. The molecule has 2 heteroatoms. The molecule has 0 amide bonds. The van der Waals surface area contributed by atoms with E-state index in [0.717, 1.165) is 6.54 Å². The summed E-state index contributed by atoms with van der Waals surface area (Å²) in [5.74, 6) is 1.45. The molecule has 0 fully saturated rings. The van der Waals surface area contributed by atoms with Crippen LogP contribution in [0.15, 0.2) is 12.4 Å². The first-order valence-electron chi connectivity index (χ1n) is 5.33. The molecule has 1 rings (SSSR count). The van der Waals surface area contributed by atoms with Crippen molar-refractivity contribution < 1.29 is 4.57 Å². The molecule has 0 aliphatic heterocycles. The second-order valence-corrected chi connectivity index (χ2v) is 3.57. The van der Waals surface area contributed by atoms with Gasteiger partial charge < -0.3 is 0 Å². The largest absolute Gasteiger partial charge is 0.256 e. The zero-order valence-corrected chi connectivity index (χ0v) is 9.08. The minimum absolute atomic E-state index is 1.09. The van der Waals surface area contributed by atoms with Crippen molar-refractivity contribution in [3.63, 3.8) is 0 Å². The van der Waals surface area contributed by atoms with E-state index >= 15 is 0 Å². The number of hydrogen-bond donors (Lipinski definition) is 0. The summed E-state index contributed by atoms with van der Waals surface area (Å²) in [6, 6.07) is 0. The highest BCUT2D eigenvalue weighted by molar-refractivity contribution is 4.82. The van der Waals surface area contributed by atoms with Gasteiger partial charge in [-0.2, -0.15) is 0 Å². The van der Waals surface area contributed by atoms with E-state index in [0.29, 0.717) is 0 Å². The van der Waals surface area contributed by atoms with Gasteiger partial charge in [0.1, 0.15) is 12.4 Å². The molecule has 0 radical (unpaired) electrons. The van der Waals surface area contributed by atoms with Gasteiger partial charge in [-0.3, -0.25) is 0 Å². The van der Waals surface area contributed by atoms with Crippen LogP contribution in [0.3, 0.4) is 0 Å². The van der Waals surface area contributed by atoms with Gasteiger partial charge in [-0.1, -0.05) is 19.8 Å². The van der Waals surface area contributed by atoms with Crippen molar-refractivity contribution in [1.82, 2.24) is 4.57 Å². The molecule has 1 aromatic rings. The summed E-state index contributed by atoms with van der Waals surface area (Å²) < 4.78 is 4.56. The van der Waals surface area contributed by atoms with Crippen LogP contribution in [0.4, 0.5) is 0 Å². The lowest BCUT2D eigenvalue weighted by Crippen LogP contribution is -2.35. The number of unbranched alkanes of at least 4 members (excludes halogenated alkanes) is 2. The SMILES string of the molecule is CCCCCc1n(C)cc[n+]1CC. The van der Waals surface area contributed by atoms with Gasteiger partial charge in [-0.05, 0) is 13.3 Å². The van der Waals surface area contributed by atoms with Crippen LogP contribution in [0.25, 0.3) is 0 Å². The van der Waals surface area contributed by atoms with E-state index in [1.165, 1.54) is 31.5 Å². The Kier molecular flexibility index (Phi) is 4.00. The summed E-state index contributed by atoms with van der Waals surface area (Å²) in [4.78, 5) is 0.